The zero-order valence-electron chi connectivity index (χ0n) is 14.1. The first-order chi connectivity index (χ1) is 10.4. The van der Waals surface area contributed by atoms with Crippen molar-refractivity contribution in [2.24, 2.45) is 10.7 Å². The van der Waals surface area contributed by atoms with E-state index in [-0.39, 0.29) is 29.4 Å². The number of aliphatic imine (C=N–C) groups is 1. The number of nitrogens with zero attached hydrogens (tertiary/aromatic N) is 2. The molecule has 1 heterocycles. The van der Waals surface area contributed by atoms with E-state index in [1.54, 1.807) is 11.3 Å². The zero-order valence-corrected chi connectivity index (χ0v) is 17.2. The Labute approximate surface area is 159 Å². The molecule has 0 fully saturated rings. The van der Waals surface area contributed by atoms with Crippen LogP contribution in [0.2, 0.25) is 0 Å². The predicted molar refractivity (Wildman–Crippen MR) is 111 cm³/mol. The lowest BCUT2D eigenvalue weighted by atomic mass is 9.98. The number of hydrogen-bond donors (Lipinski definition) is 2. The highest BCUT2D eigenvalue weighted by molar-refractivity contribution is 14.0. The number of thiazole rings is 1. The fourth-order valence-corrected chi connectivity index (χ4v) is 2.80. The zero-order chi connectivity index (χ0) is 16.2. The van der Waals surface area contributed by atoms with Gasteiger partial charge in [-0.1, -0.05) is 39.8 Å². The lowest BCUT2D eigenvalue weighted by Gasteiger charge is -2.13. The summed E-state index contributed by atoms with van der Waals surface area (Å²) in [6, 6.07) is 8.21. The summed E-state index contributed by atoms with van der Waals surface area (Å²) in [4.78, 5) is 8.97. The van der Waals surface area contributed by atoms with Crippen molar-refractivity contribution in [3.8, 4) is 0 Å². The van der Waals surface area contributed by atoms with Crippen molar-refractivity contribution in [3.05, 3.63) is 45.9 Å². The predicted octanol–water partition coefficient (Wildman–Crippen LogP) is 4.55. The van der Waals surface area contributed by atoms with E-state index < -0.39 is 0 Å². The summed E-state index contributed by atoms with van der Waals surface area (Å²) < 4.78 is 0. The molecule has 6 heteroatoms. The average molecular weight is 444 g/mol. The van der Waals surface area contributed by atoms with Crippen LogP contribution in [0, 0.1) is 0 Å². The molecule has 126 valence electrons. The van der Waals surface area contributed by atoms with E-state index in [0.29, 0.717) is 12.5 Å². The standard InChI is InChI=1S/C17H24N4S.HI/c1-5-12-6-8-13(9-7-12)21-16(18)19-10-14-11-22-15(20-14)17(2,3)4;/h6-9,11H,5,10H2,1-4H3,(H3,18,19,21);1H. The molecule has 0 bridgehead atoms. The minimum absolute atomic E-state index is 0. The van der Waals surface area contributed by atoms with E-state index in [9.17, 15) is 0 Å². The summed E-state index contributed by atoms with van der Waals surface area (Å²) in [7, 11) is 0. The van der Waals surface area contributed by atoms with E-state index in [0.717, 1.165) is 22.8 Å². The van der Waals surface area contributed by atoms with Crippen molar-refractivity contribution < 1.29 is 0 Å². The molecule has 0 aliphatic heterocycles. The minimum atomic E-state index is 0. The lowest BCUT2D eigenvalue weighted by molar-refractivity contribution is 0.583. The molecule has 0 amide bonds. The SMILES string of the molecule is CCc1ccc(NC(N)=NCc2csc(C(C)(C)C)n2)cc1.I. The second-order valence-corrected chi connectivity index (χ2v) is 7.13. The van der Waals surface area contributed by atoms with E-state index in [4.69, 9.17) is 5.73 Å². The van der Waals surface area contributed by atoms with Crippen LogP contribution < -0.4 is 11.1 Å². The fourth-order valence-electron chi connectivity index (χ4n) is 1.90. The van der Waals surface area contributed by atoms with Crippen molar-refractivity contribution in [2.75, 3.05) is 5.32 Å². The van der Waals surface area contributed by atoms with Gasteiger partial charge in [0.05, 0.1) is 17.2 Å². The second kappa shape index (κ2) is 8.63. The molecule has 1 aromatic heterocycles. The van der Waals surface area contributed by atoms with Crippen molar-refractivity contribution in [1.29, 1.82) is 0 Å². The molecule has 4 nitrogen and oxygen atoms in total. The number of anilines is 1. The number of benzene rings is 1. The van der Waals surface area contributed by atoms with E-state index >= 15 is 0 Å². The molecule has 0 spiro atoms. The number of guanidine groups is 1. The topological polar surface area (TPSA) is 63.3 Å². The molecule has 0 aliphatic rings. The Morgan fingerprint density at radius 1 is 1.26 bits per heavy atom. The Bertz CT molecular complexity index is 641. The number of nitrogens with two attached hydrogens (primary N) is 1. The van der Waals surface area contributed by atoms with Crippen LogP contribution in [0.1, 0.15) is 44.0 Å². The van der Waals surface area contributed by atoms with Gasteiger partial charge in [-0.3, -0.25) is 0 Å². The summed E-state index contributed by atoms with van der Waals surface area (Å²) in [5, 5.41) is 6.28. The molecule has 0 saturated heterocycles. The molecule has 0 aliphatic carbocycles. The fraction of sp³-hybridized carbons (Fsp3) is 0.412. The summed E-state index contributed by atoms with van der Waals surface area (Å²) in [6.07, 6.45) is 1.03. The number of aromatic nitrogens is 1. The highest BCUT2D eigenvalue weighted by Gasteiger charge is 2.17. The first-order valence-electron chi connectivity index (χ1n) is 7.49. The maximum atomic E-state index is 5.93. The van der Waals surface area contributed by atoms with Crippen molar-refractivity contribution in [1.82, 2.24) is 4.98 Å². The average Bonchev–Trinajstić information content (AvgIpc) is 2.95. The molecule has 23 heavy (non-hydrogen) atoms. The highest BCUT2D eigenvalue weighted by atomic mass is 127. The van der Waals surface area contributed by atoms with Gasteiger partial charge in [-0.05, 0) is 24.1 Å². The van der Waals surface area contributed by atoms with Gasteiger partial charge in [-0.25, -0.2) is 9.98 Å². The summed E-state index contributed by atoms with van der Waals surface area (Å²) in [6.45, 7) is 9.12. The van der Waals surface area contributed by atoms with Gasteiger partial charge in [-0.15, -0.1) is 35.3 Å². The molecule has 0 unspecified atom stereocenters. The Kier molecular flexibility index (Phi) is 7.47. The van der Waals surface area contributed by atoms with Gasteiger partial charge in [0, 0.05) is 16.5 Å². The molecule has 2 aromatic rings. The largest absolute Gasteiger partial charge is 0.370 e. The van der Waals surface area contributed by atoms with Gasteiger partial charge in [0.15, 0.2) is 5.96 Å². The monoisotopic (exact) mass is 444 g/mol. The molecule has 0 radical (unpaired) electrons. The molecular formula is C17H25IN4S. The van der Waals surface area contributed by atoms with Gasteiger partial charge < -0.3 is 11.1 Å². The third kappa shape index (κ3) is 6.10. The van der Waals surface area contributed by atoms with Crippen LogP contribution in [0.4, 0.5) is 5.69 Å². The van der Waals surface area contributed by atoms with Gasteiger partial charge in [0.1, 0.15) is 0 Å². The third-order valence-corrected chi connectivity index (χ3v) is 4.56. The molecule has 0 saturated carbocycles. The van der Waals surface area contributed by atoms with Crippen molar-refractivity contribution in [3.63, 3.8) is 0 Å². The van der Waals surface area contributed by atoms with Crippen molar-refractivity contribution in [2.45, 2.75) is 46.1 Å². The Balaban J connectivity index is 0.00000264. The van der Waals surface area contributed by atoms with E-state index in [1.165, 1.54) is 5.56 Å². The van der Waals surface area contributed by atoms with Crippen LogP contribution in [0.15, 0.2) is 34.6 Å². The van der Waals surface area contributed by atoms with Crippen LogP contribution in [0.5, 0.6) is 0 Å². The second-order valence-electron chi connectivity index (χ2n) is 6.27. The Morgan fingerprint density at radius 2 is 1.91 bits per heavy atom. The number of rotatable bonds is 4. The number of nitrogens with one attached hydrogen (secondary N) is 1. The van der Waals surface area contributed by atoms with E-state index in [2.05, 4.69) is 55.1 Å². The first kappa shape index (κ1) is 19.9. The van der Waals surface area contributed by atoms with Crippen LogP contribution in [-0.2, 0) is 18.4 Å². The first-order valence-corrected chi connectivity index (χ1v) is 8.37. The Morgan fingerprint density at radius 3 is 2.43 bits per heavy atom. The van der Waals surface area contributed by atoms with Crippen LogP contribution in [-0.4, -0.2) is 10.9 Å². The Hall–Kier alpha value is -1.15. The normalized spacial score (nSPS) is 11.9. The minimum Gasteiger partial charge on any atom is -0.370 e. The molecule has 1 aromatic carbocycles. The van der Waals surface area contributed by atoms with Crippen LogP contribution >= 0.6 is 35.3 Å². The molecule has 3 N–H and O–H groups in total. The number of aryl methyl sites for hydroxylation is 1. The number of hydrogen-bond acceptors (Lipinski definition) is 3. The quantitative estimate of drug-likeness (QED) is 0.413. The molecular weight excluding hydrogens is 419 g/mol. The highest BCUT2D eigenvalue weighted by Crippen LogP contribution is 2.25. The van der Waals surface area contributed by atoms with E-state index in [1.807, 2.05) is 17.5 Å². The van der Waals surface area contributed by atoms with Crippen LogP contribution in [0.25, 0.3) is 0 Å². The van der Waals surface area contributed by atoms with Crippen molar-refractivity contribution >= 4 is 47.0 Å². The van der Waals surface area contributed by atoms with Gasteiger partial charge in [0.2, 0.25) is 0 Å². The number of halogens is 1. The van der Waals surface area contributed by atoms with Gasteiger partial charge in [0.25, 0.3) is 0 Å². The maximum Gasteiger partial charge on any atom is 0.193 e. The van der Waals surface area contributed by atoms with Gasteiger partial charge in [-0.2, -0.15) is 0 Å². The smallest absolute Gasteiger partial charge is 0.193 e. The lowest BCUT2D eigenvalue weighted by Crippen LogP contribution is -2.22. The summed E-state index contributed by atoms with van der Waals surface area (Å²) in [5.74, 6) is 0.412. The summed E-state index contributed by atoms with van der Waals surface area (Å²) >= 11 is 1.67. The maximum absolute atomic E-state index is 5.93. The molecule has 0 atom stereocenters. The third-order valence-electron chi connectivity index (χ3n) is 3.24. The molecule has 2 rings (SSSR count). The summed E-state index contributed by atoms with van der Waals surface area (Å²) in [5.41, 5.74) is 9.23. The van der Waals surface area contributed by atoms with Gasteiger partial charge >= 0.3 is 0 Å². The van der Waals surface area contributed by atoms with Crippen LogP contribution in [0.3, 0.4) is 0 Å².